The van der Waals surface area contributed by atoms with Crippen LogP contribution in [0.3, 0.4) is 0 Å². The van der Waals surface area contributed by atoms with Crippen LogP contribution in [0.25, 0.3) is 0 Å². The van der Waals surface area contributed by atoms with Crippen molar-refractivity contribution in [2.75, 3.05) is 44.6 Å². The number of carbonyl (C=O) groups excluding carboxylic acids is 1. The Kier molecular flexibility index (Phi) is 6.54. The summed E-state index contributed by atoms with van der Waals surface area (Å²) < 4.78 is 0. The van der Waals surface area contributed by atoms with E-state index in [0.29, 0.717) is 12.4 Å². The molecular formula is C16H22N6O. The summed E-state index contributed by atoms with van der Waals surface area (Å²) in [7, 11) is 0. The molecule has 7 heteroatoms. The molecule has 0 saturated carbocycles. The smallest absolute Gasteiger partial charge is 0.263 e. The molecule has 1 saturated heterocycles. The molecule has 1 amide bonds. The van der Waals surface area contributed by atoms with E-state index in [1.807, 2.05) is 19.1 Å². The predicted octanol–water partition coefficient (Wildman–Crippen LogP) is 0.231. The zero-order valence-corrected chi connectivity index (χ0v) is 13.3. The lowest BCUT2D eigenvalue weighted by Crippen LogP contribution is -2.46. The molecule has 0 radical (unpaired) electrons. The largest absolute Gasteiger partial charge is 0.350 e. The first-order valence-corrected chi connectivity index (χ1v) is 7.70. The van der Waals surface area contributed by atoms with Gasteiger partial charge in [-0.3, -0.25) is 9.69 Å². The number of hydrogen-bond acceptors (Lipinski definition) is 6. The number of nitrogens with one attached hydrogen (secondary N) is 3. The second kappa shape index (κ2) is 8.88. The minimum atomic E-state index is -0.373. The Hall–Kier alpha value is -2.43. The van der Waals surface area contributed by atoms with Gasteiger partial charge >= 0.3 is 0 Å². The summed E-state index contributed by atoms with van der Waals surface area (Å²) in [6, 6.07) is 5.61. The number of piperazine rings is 1. The average molecular weight is 314 g/mol. The number of rotatable bonds is 6. The number of aryl methyl sites for hydroxylation is 1. The fourth-order valence-electron chi connectivity index (χ4n) is 2.21. The van der Waals surface area contributed by atoms with Crippen LogP contribution in [0.1, 0.15) is 5.56 Å². The number of pyridine rings is 1. The lowest BCUT2D eigenvalue weighted by Gasteiger charge is -2.27. The molecule has 0 aliphatic carbocycles. The molecule has 2 heterocycles. The fraction of sp³-hybridized carbons (Fsp3) is 0.438. The highest BCUT2D eigenvalue weighted by Gasteiger charge is 2.11. The molecule has 1 aromatic heterocycles. The van der Waals surface area contributed by atoms with Crippen LogP contribution in [0.5, 0.6) is 0 Å². The summed E-state index contributed by atoms with van der Waals surface area (Å²) >= 11 is 0. The number of hydrogen-bond donors (Lipinski definition) is 3. The minimum absolute atomic E-state index is 0.0349. The number of nitrogens with zero attached hydrogens (tertiary/aromatic N) is 3. The van der Waals surface area contributed by atoms with Crippen LogP contribution in [-0.2, 0) is 4.79 Å². The molecule has 2 rings (SSSR count). The van der Waals surface area contributed by atoms with Crippen molar-refractivity contribution >= 4 is 11.7 Å². The highest BCUT2D eigenvalue weighted by atomic mass is 16.1. The molecule has 0 spiro atoms. The SMILES string of the molecule is Cc1ccc(N/C=C(/C#N)C(=O)NCCN2CCNCC2)nc1. The number of anilines is 1. The molecule has 122 valence electrons. The van der Waals surface area contributed by atoms with Crippen molar-refractivity contribution in [2.24, 2.45) is 0 Å². The zero-order chi connectivity index (χ0) is 16.5. The summed E-state index contributed by atoms with van der Waals surface area (Å²) in [6.07, 6.45) is 3.10. The van der Waals surface area contributed by atoms with E-state index >= 15 is 0 Å². The predicted molar refractivity (Wildman–Crippen MR) is 88.6 cm³/mol. The summed E-state index contributed by atoms with van der Waals surface area (Å²) in [5.74, 6) is 0.221. The Labute approximate surface area is 136 Å². The summed E-state index contributed by atoms with van der Waals surface area (Å²) in [4.78, 5) is 18.4. The monoisotopic (exact) mass is 314 g/mol. The number of aromatic nitrogens is 1. The molecular weight excluding hydrogens is 292 g/mol. The third-order valence-corrected chi connectivity index (χ3v) is 3.56. The van der Waals surface area contributed by atoms with E-state index in [9.17, 15) is 4.79 Å². The maximum Gasteiger partial charge on any atom is 0.263 e. The molecule has 1 aliphatic rings. The second-order valence-corrected chi connectivity index (χ2v) is 5.38. The molecule has 1 aromatic rings. The van der Waals surface area contributed by atoms with Crippen molar-refractivity contribution in [3.8, 4) is 6.07 Å². The third kappa shape index (κ3) is 5.70. The van der Waals surface area contributed by atoms with Crippen LogP contribution in [0.4, 0.5) is 5.82 Å². The Balaban J connectivity index is 1.79. The van der Waals surface area contributed by atoms with Crippen molar-refractivity contribution in [1.29, 1.82) is 5.26 Å². The lowest BCUT2D eigenvalue weighted by molar-refractivity contribution is -0.117. The Morgan fingerprint density at radius 3 is 2.91 bits per heavy atom. The molecule has 0 aromatic carbocycles. The van der Waals surface area contributed by atoms with Gasteiger partial charge in [0.15, 0.2) is 0 Å². The molecule has 0 bridgehead atoms. The van der Waals surface area contributed by atoms with E-state index in [2.05, 4.69) is 25.8 Å². The maximum absolute atomic E-state index is 12.0. The summed E-state index contributed by atoms with van der Waals surface area (Å²) in [6.45, 7) is 7.18. The lowest BCUT2D eigenvalue weighted by atomic mass is 10.3. The molecule has 0 unspecified atom stereocenters. The van der Waals surface area contributed by atoms with Crippen molar-refractivity contribution in [3.63, 3.8) is 0 Å². The molecule has 1 fully saturated rings. The highest BCUT2D eigenvalue weighted by Crippen LogP contribution is 2.04. The quantitative estimate of drug-likeness (QED) is 0.514. The second-order valence-electron chi connectivity index (χ2n) is 5.38. The molecule has 1 aliphatic heterocycles. The Morgan fingerprint density at radius 2 is 2.26 bits per heavy atom. The van der Waals surface area contributed by atoms with Crippen LogP contribution in [-0.4, -0.2) is 55.1 Å². The van der Waals surface area contributed by atoms with Crippen molar-refractivity contribution in [3.05, 3.63) is 35.7 Å². The molecule has 23 heavy (non-hydrogen) atoms. The van der Waals surface area contributed by atoms with E-state index in [4.69, 9.17) is 5.26 Å². The zero-order valence-electron chi connectivity index (χ0n) is 13.3. The standard InChI is InChI=1S/C16H22N6O/c1-13-2-3-15(20-11-13)21-12-14(10-17)16(23)19-6-9-22-7-4-18-5-8-22/h2-3,11-12,18H,4-9H2,1H3,(H,19,23)(H,20,21)/b14-12-. The first-order valence-electron chi connectivity index (χ1n) is 7.70. The number of nitriles is 1. The van der Waals surface area contributed by atoms with Crippen LogP contribution in [0.2, 0.25) is 0 Å². The van der Waals surface area contributed by atoms with Gasteiger partial charge in [0.25, 0.3) is 5.91 Å². The van der Waals surface area contributed by atoms with Gasteiger partial charge in [-0.2, -0.15) is 5.26 Å². The Bertz CT molecular complexity index is 584. The van der Waals surface area contributed by atoms with Crippen LogP contribution in [0.15, 0.2) is 30.1 Å². The number of amides is 1. The van der Waals surface area contributed by atoms with Crippen molar-refractivity contribution in [1.82, 2.24) is 20.5 Å². The normalized spacial score (nSPS) is 15.7. The summed E-state index contributed by atoms with van der Waals surface area (Å²) in [5, 5.41) is 18.0. The van der Waals surface area contributed by atoms with Gasteiger partial charge in [0.05, 0.1) is 0 Å². The Morgan fingerprint density at radius 1 is 1.48 bits per heavy atom. The fourth-order valence-corrected chi connectivity index (χ4v) is 2.21. The first-order chi connectivity index (χ1) is 11.2. The van der Waals surface area contributed by atoms with Gasteiger partial charge < -0.3 is 16.0 Å². The highest BCUT2D eigenvalue weighted by molar-refractivity contribution is 5.97. The van der Waals surface area contributed by atoms with Gasteiger partial charge in [-0.05, 0) is 18.6 Å². The van der Waals surface area contributed by atoms with E-state index < -0.39 is 0 Å². The summed E-state index contributed by atoms with van der Waals surface area (Å²) in [5.41, 5.74) is 1.08. The number of carbonyl (C=O) groups is 1. The van der Waals surface area contributed by atoms with E-state index in [-0.39, 0.29) is 11.5 Å². The first kappa shape index (κ1) is 16.9. The maximum atomic E-state index is 12.0. The van der Waals surface area contributed by atoms with E-state index in [0.717, 1.165) is 38.3 Å². The molecule has 7 nitrogen and oxygen atoms in total. The molecule has 0 atom stereocenters. The van der Waals surface area contributed by atoms with Gasteiger partial charge in [-0.25, -0.2) is 4.98 Å². The van der Waals surface area contributed by atoms with Crippen molar-refractivity contribution in [2.45, 2.75) is 6.92 Å². The topological polar surface area (TPSA) is 93.1 Å². The van der Waals surface area contributed by atoms with E-state index in [1.165, 1.54) is 6.20 Å². The van der Waals surface area contributed by atoms with Gasteiger partial charge in [0, 0.05) is 51.7 Å². The van der Waals surface area contributed by atoms with Crippen molar-refractivity contribution < 1.29 is 4.79 Å². The third-order valence-electron chi connectivity index (χ3n) is 3.56. The van der Waals surface area contributed by atoms with Gasteiger partial charge in [0.1, 0.15) is 17.5 Å². The average Bonchev–Trinajstić information content (AvgIpc) is 2.58. The van der Waals surface area contributed by atoms with Gasteiger partial charge in [-0.1, -0.05) is 6.07 Å². The molecule has 3 N–H and O–H groups in total. The van der Waals surface area contributed by atoms with Gasteiger partial charge in [-0.15, -0.1) is 0 Å². The van der Waals surface area contributed by atoms with E-state index in [1.54, 1.807) is 12.3 Å². The van der Waals surface area contributed by atoms with Crippen LogP contribution >= 0.6 is 0 Å². The van der Waals surface area contributed by atoms with Crippen LogP contribution < -0.4 is 16.0 Å². The van der Waals surface area contributed by atoms with Crippen LogP contribution in [0, 0.1) is 18.3 Å². The van der Waals surface area contributed by atoms with Gasteiger partial charge in [0.2, 0.25) is 0 Å². The minimum Gasteiger partial charge on any atom is -0.350 e.